The summed E-state index contributed by atoms with van der Waals surface area (Å²) in [6.45, 7) is 4.96. The average Bonchev–Trinajstić information content (AvgIpc) is 3.45. The minimum Gasteiger partial charge on any atom is -0.466 e. The van der Waals surface area contributed by atoms with Gasteiger partial charge in [-0.3, -0.25) is 9.59 Å². The summed E-state index contributed by atoms with van der Waals surface area (Å²) >= 11 is 0. The smallest absolute Gasteiger partial charge is 0.305 e. The first-order chi connectivity index (χ1) is 39.0. The number of ether oxygens (including phenoxy) is 1. The van der Waals surface area contributed by atoms with Gasteiger partial charge in [0.2, 0.25) is 5.91 Å². The second-order valence-corrected chi connectivity index (χ2v) is 25.3. The molecule has 0 aromatic heterocycles. The average molecular weight is 1110 g/mol. The van der Waals surface area contributed by atoms with Gasteiger partial charge in [-0.25, -0.2) is 0 Å². The first kappa shape index (κ1) is 77.6. The minimum atomic E-state index is -0.842. The highest BCUT2D eigenvalue weighted by molar-refractivity contribution is 5.76. The third kappa shape index (κ3) is 65.6. The van der Waals surface area contributed by atoms with Crippen molar-refractivity contribution in [3.8, 4) is 0 Å². The highest BCUT2D eigenvalue weighted by atomic mass is 16.5. The second-order valence-electron chi connectivity index (χ2n) is 25.3. The molecule has 0 heterocycles. The Labute approximate surface area is 495 Å². The van der Waals surface area contributed by atoms with Crippen molar-refractivity contribution < 1.29 is 24.5 Å². The third-order valence-electron chi connectivity index (χ3n) is 17.3. The molecule has 0 saturated carbocycles. The molecule has 0 aromatic rings. The van der Waals surface area contributed by atoms with Crippen molar-refractivity contribution in [3.63, 3.8) is 0 Å². The van der Waals surface area contributed by atoms with Gasteiger partial charge >= 0.3 is 5.97 Å². The van der Waals surface area contributed by atoms with Crippen LogP contribution in [0.15, 0.2) is 12.2 Å². The number of rotatable bonds is 69. The fraction of sp³-hybridized carbons (Fsp3) is 0.945. The Morgan fingerprint density at radius 2 is 0.582 bits per heavy atom. The molecular weight excluding hydrogens is 971 g/mol. The van der Waals surface area contributed by atoms with Crippen LogP contribution >= 0.6 is 0 Å². The Morgan fingerprint density at radius 1 is 0.342 bits per heavy atom. The van der Waals surface area contributed by atoms with Crippen molar-refractivity contribution in [1.29, 1.82) is 0 Å². The van der Waals surface area contributed by atoms with E-state index in [4.69, 9.17) is 4.74 Å². The van der Waals surface area contributed by atoms with Gasteiger partial charge in [0.05, 0.1) is 25.4 Å². The predicted molar refractivity (Wildman–Crippen MR) is 347 cm³/mol. The fourth-order valence-corrected chi connectivity index (χ4v) is 11.8. The number of hydrogen-bond donors (Lipinski definition) is 3. The van der Waals surface area contributed by atoms with Crippen molar-refractivity contribution in [2.24, 2.45) is 0 Å². The molecule has 1 amide bonds. The number of amides is 1. The van der Waals surface area contributed by atoms with E-state index < -0.39 is 12.1 Å². The zero-order valence-corrected chi connectivity index (χ0v) is 53.9. The van der Waals surface area contributed by atoms with Crippen LogP contribution in [0.4, 0.5) is 0 Å². The number of allylic oxidation sites excluding steroid dienone is 1. The van der Waals surface area contributed by atoms with E-state index in [9.17, 15) is 19.8 Å². The molecule has 0 aliphatic heterocycles. The zero-order chi connectivity index (χ0) is 57.1. The Hall–Kier alpha value is -1.40. The third-order valence-corrected chi connectivity index (χ3v) is 17.3. The SMILES string of the molecule is CCCCCCCCCCCCCCCCC/C=C/C(O)C(CO)NC(=O)CCCCCCCCCCCCCCCCCCCCCCCCCCCCOC(=O)CCCCCCCCCCCCCCCCCCCCC. The number of aliphatic hydroxyl groups is 2. The molecule has 2 atom stereocenters. The quantitative estimate of drug-likeness (QED) is 0.0320. The Balaban J connectivity index is 3.34. The standard InChI is InChI=1S/C73H143NO5/c1-3-5-7-9-11-13-15-17-19-21-30-35-39-43-47-51-55-59-63-67-73(78)79-68-64-60-56-52-48-44-40-36-32-29-27-25-23-22-24-26-28-31-34-38-42-46-50-54-58-62-66-72(77)74-70(69-75)71(76)65-61-57-53-49-45-41-37-33-20-18-16-14-12-10-8-6-4-2/h61,65,70-71,75-76H,3-60,62-64,66-69H2,1-2H3,(H,74,77)/b65-61+. The van der Waals surface area contributed by atoms with E-state index in [0.717, 1.165) is 38.5 Å². The van der Waals surface area contributed by atoms with E-state index in [2.05, 4.69) is 19.2 Å². The summed E-state index contributed by atoms with van der Waals surface area (Å²) in [5.41, 5.74) is 0. The van der Waals surface area contributed by atoms with Crippen LogP contribution in [0.5, 0.6) is 0 Å². The first-order valence-electron chi connectivity index (χ1n) is 36.5. The lowest BCUT2D eigenvalue weighted by Crippen LogP contribution is -2.45. The summed E-state index contributed by atoms with van der Waals surface area (Å²) in [6.07, 6.45) is 85.9. The van der Waals surface area contributed by atoms with Gasteiger partial charge in [0.1, 0.15) is 0 Å². The molecule has 0 saturated heterocycles. The van der Waals surface area contributed by atoms with Crippen LogP contribution in [-0.4, -0.2) is 47.4 Å². The summed E-state index contributed by atoms with van der Waals surface area (Å²) in [5.74, 6) is -0.0391. The minimum absolute atomic E-state index is 0.0228. The van der Waals surface area contributed by atoms with Crippen LogP contribution in [0.25, 0.3) is 0 Å². The number of nitrogens with one attached hydrogen (secondary N) is 1. The van der Waals surface area contributed by atoms with Crippen molar-refractivity contribution in [1.82, 2.24) is 5.32 Å². The largest absolute Gasteiger partial charge is 0.466 e. The maximum absolute atomic E-state index is 12.5. The van der Waals surface area contributed by atoms with Gasteiger partial charge in [0.25, 0.3) is 0 Å². The summed E-state index contributed by atoms with van der Waals surface area (Å²) in [7, 11) is 0. The lowest BCUT2D eigenvalue weighted by atomic mass is 10.0. The molecule has 0 spiro atoms. The molecule has 2 unspecified atom stereocenters. The van der Waals surface area contributed by atoms with E-state index in [-0.39, 0.29) is 18.5 Å². The first-order valence-corrected chi connectivity index (χ1v) is 36.5. The van der Waals surface area contributed by atoms with Crippen molar-refractivity contribution >= 4 is 11.9 Å². The van der Waals surface area contributed by atoms with Gasteiger partial charge in [-0.15, -0.1) is 0 Å². The van der Waals surface area contributed by atoms with Gasteiger partial charge in [0.15, 0.2) is 0 Å². The van der Waals surface area contributed by atoms with Crippen LogP contribution in [0.3, 0.4) is 0 Å². The fourth-order valence-electron chi connectivity index (χ4n) is 11.8. The van der Waals surface area contributed by atoms with E-state index in [1.54, 1.807) is 6.08 Å². The predicted octanol–water partition coefficient (Wildman–Crippen LogP) is 23.5. The van der Waals surface area contributed by atoms with Crippen LogP contribution in [0, 0.1) is 0 Å². The van der Waals surface area contributed by atoms with Crippen molar-refractivity contribution in [3.05, 3.63) is 12.2 Å². The number of esters is 1. The molecule has 0 aliphatic carbocycles. The maximum atomic E-state index is 12.5. The lowest BCUT2D eigenvalue weighted by molar-refractivity contribution is -0.143. The number of unbranched alkanes of at least 4 members (excludes halogenated alkanes) is 58. The van der Waals surface area contributed by atoms with Crippen LogP contribution in [0.1, 0.15) is 418 Å². The van der Waals surface area contributed by atoms with Crippen LogP contribution in [0.2, 0.25) is 0 Å². The molecule has 0 rings (SSSR count). The molecule has 0 aliphatic rings. The van der Waals surface area contributed by atoms with E-state index in [1.165, 1.54) is 353 Å². The number of aliphatic hydroxyl groups excluding tert-OH is 2. The summed E-state index contributed by atoms with van der Waals surface area (Å²) in [4.78, 5) is 24.6. The van der Waals surface area contributed by atoms with Gasteiger partial charge in [-0.05, 0) is 32.1 Å². The van der Waals surface area contributed by atoms with Gasteiger partial charge in [-0.1, -0.05) is 386 Å². The summed E-state index contributed by atoms with van der Waals surface area (Å²) < 4.78 is 5.52. The Morgan fingerprint density at radius 3 is 0.861 bits per heavy atom. The normalized spacial score (nSPS) is 12.5. The second kappa shape index (κ2) is 69.1. The van der Waals surface area contributed by atoms with Crippen molar-refractivity contribution in [2.45, 2.75) is 431 Å². The van der Waals surface area contributed by atoms with E-state index >= 15 is 0 Å². The lowest BCUT2D eigenvalue weighted by Gasteiger charge is -2.20. The highest BCUT2D eigenvalue weighted by Crippen LogP contribution is 2.19. The summed E-state index contributed by atoms with van der Waals surface area (Å²) in [5, 5.41) is 23.2. The van der Waals surface area contributed by atoms with Crippen molar-refractivity contribution in [2.75, 3.05) is 13.2 Å². The number of hydrogen-bond acceptors (Lipinski definition) is 5. The molecule has 3 N–H and O–H groups in total. The van der Waals surface area contributed by atoms with Crippen LogP contribution in [-0.2, 0) is 14.3 Å². The Bertz CT molecular complexity index is 1190. The van der Waals surface area contributed by atoms with E-state index in [0.29, 0.717) is 19.4 Å². The summed E-state index contributed by atoms with van der Waals surface area (Å²) in [6, 6.07) is -0.626. The van der Waals surface area contributed by atoms with Crippen LogP contribution < -0.4 is 5.32 Å². The molecular formula is C73H143NO5. The van der Waals surface area contributed by atoms with Gasteiger partial charge in [-0.2, -0.15) is 0 Å². The number of carbonyl (C=O) groups excluding carboxylic acids is 2. The molecule has 79 heavy (non-hydrogen) atoms. The number of carbonyl (C=O) groups is 2. The monoisotopic (exact) mass is 1110 g/mol. The molecule has 470 valence electrons. The van der Waals surface area contributed by atoms with Gasteiger partial charge in [0, 0.05) is 12.8 Å². The molecule has 6 nitrogen and oxygen atoms in total. The Kier molecular flexibility index (Phi) is 67.9. The molecule has 6 heteroatoms. The highest BCUT2D eigenvalue weighted by Gasteiger charge is 2.18. The van der Waals surface area contributed by atoms with Gasteiger partial charge < -0.3 is 20.3 Å². The zero-order valence-electron chi connectivity index (χ0n) is 53.9. The molecule has 0 radical (unpaired) electrons. The molecule has 0 bridgehead atoms. The molecule has 0 aromatic carbocycles. The topological polar surface area (TPSA) is 95.9 Å². The molecule has 0 fully saturated rings. The van der Waals surface area contributed by atoms with E-state index in [1.807, 2.05) is 6.08 Å². The maximum Gasteiger partial charge on any atom is 0.305 e.